The lowest BCUT2D eigenvalue weighted by atomic mass is 10.1. The number of hydrogen-bond acceptors (Lipinski definition) is 2. The molecule has 0 heterocycles. The molecule has 14 heavy (non-hydrogen) atoms. The molecule has 2 heteroatoms. The van der Waals surface area contributed by atoms with Crippen LogP contribution in [0.15, 0.2) is 24.8 Å². The fraction of sp³-hybridized carbons (Fsp3) is 0.333. The molecular formula is C12H16O2. The van der Waals surface area contributed by atoms with Gasteiger partial charge in [-0.15, -0.1) is 0 Å². The monoisotopic (exact) mass is 192 g/mol. The van der Waals surface area contributed by atoms with Crippen LogP contribution in [-0.2, 0) is 4.74 Å². The Kier molecular flexibility index (Phi) is 4.20. The molecule has 0 aliphatic heterocycles. The first kappa shape index (κ1) is 10.8. The largest absolute Gasteiger partial charge is 0.491 e. The van der Waals surface area contributed by atoms with Gasteiger partial charge >= 0.3 is 0 Å². The Morgan fingerprint density at radius 2 is 2.07 bits per heavy atom. The molecule has 0 spiro atoms. The number of ether oxygens (including phenoxy) is 2. The van der Waals surface area contributed by atoms with E-state index in [9.17, 15) is 0 Å². The van der Waals surface area contributed by atoms with Gasteiger partial charge in [-0.3, -0.25) is 0 Å². The summed E-state index contributed by atoms with van der Waals surface area (Å²) in [6.07, 6.45) is 1.82. The summed E-state index contributed by atoms with van der Waals surface area (Å²) in [7, 11) is 1.66. The smallest absolute Gasteiger partial charge is 0.120 e. The molecule has 0 saturated carbocycles. The van der Waals surface area contributed by atoms with Gasteiger partial charge in [-0.2, -0.15) is 0 Å². The van der Waals surface area contributed by atoms with Gasteiger partial charge in [-0.1, -0.05) is 18.7 Å². The van der Waals surface area contributed by atoms with E-state index in [2.05, 4.69) is 12.6 Å². The zero-order valence-electron chi connectivity index (χ0n) is 8.75. The third-order valence-corrected chi connectivity index (χ3v) is 1.87. The van der Waals surface area contributed by atoms with Crippen molar-refractivity contribution >= 4 is 6.08 Å². The van der Waals surface area contributed by atoms with Crippen LogP contribution >= 0.6 is 0 Å². The zero-order valence-corrected chi connectivity index (χ0v) is 8.75. The second kappa shape index (κ2) is 5.45. The van der Waals surface area contributed by atoms with E-state index in [1.54, 1.807) is 7.11 Å². The fourth-order valence-corrected chi connectivity index (χ4v) is 1.22. The molecular weight excluding hydrogens is 176 g/mol. The van der Waals surface area contributed by atoms with Crippen molar-refractivity contribution in [2.24, 2.45) is 0 Å². The van der Waals surface area contributed by atoms with Gasteiger partial charge in [0.05, 0.1) is 6.61 Å². The molecule has 0 bridgehead atoms. The molecule has 0 atom stereocenters. The zero-order chi connectivity index (χ0) is 10.4. The van der Waals surface area contributed by atoms with Crippen LogP contribution in [0.2, 0.25) is 0 Å². The summed E-state index contributed by atoms with van der Waals surface area (Å²) in [5.41, 5.74) is 2.26. The van der Waals surface area contributed by atoms with Crippen molar-refractivity contribution < 1.29 is 9.47 Å². The summed E-state index contributed by atoms with van der Waals surface area (Å²) in [5, 5.41) is 0. The molecule has 2 nitrogen and oxygen atoms in total. The average molecular weight is 192 g/mol. The molecule has 0 N–H and O–H groups in total. The number of methoxy groups -OCH3 is 1. The second-order valence-corrected chi connectivity index (χ2v) is 3.12. The highest BCUT2D eigenvalue weighted by molar-refractivity contribution is 5.51. The Morgan fingerprint density at radius 3 is 2.71 bits per heavy atom. The van der Waals surface area contributed by atoms with Crippen molar-refractivity contribution in [2.75, 3.05) is 20.3 Å². The van der Waals surface area contributed by atoms with Crippen molar-refractivity contribution in [3.63, 3.8) is 0 Å². The average Bonchev–Trinajstić information content (AvgIpc) is 2.17. The molecule has 0 aliphatic rings. The molecule has 0 fully saturated rings. The van der Waals surface area contributed by atoms with E-state index in [1.165, 1.54) is 5.56 Å². The predicted molar refractivity (Wildman–Crippen MR) is 58.6 cm³/mol. The van der Waals surface area contributed by atoms with E-state index in [0.717, 1.165) is 11.3 Å². The summed E-state index contributed by atoms with van der Waals surface area (Å²) in [6, 6.07) is 6.04. The third kappa shape index (κ3) is 3.23. The summed E-state index contributed by atoms with van der Waals surface area (Å²) in [4.78, 5) is 0. The molecule has 0 aromatic heterocycles. The lowest BCUT2D eigenvalue weighted by Gasteiger charge is -2.07. The van der Waals surface area contributed by atoms with E-state index in [-0.39, 0.29) is 0 Å². The fourth-order valence-electron chi connectivity index (χ4n) is 1.22. The standard InChI is InChI=1S/C12H16O2/c1-4-11-7-10(2)8-12(9-11)14-6-5-13-3/h4,7-9H,1,5-6H2,2-3H3. The van der Waals surface area contributed by atoms with E-state index in [1.807, 2.05) is 25.1 Å². The quantitative estimate of drug-likeness (QED) is 0.668. The molecule has 0 unspecified atom stereocenters. The van der Waals surface area contributed by atoms with Gasteiger partial charge in [-0.05, 0) is 30.2 Å². The molecule has 0 saturated heterocycles. The topological polar surface area (TPSA) is 18.5 Å². The molecule has 0 radical (unpaired) electrons. The maximum absolute atomic E-state index is 5.50. The number of aryl methyl sites for hydroxylation is 1. The minimum atomic E-state index is 0.580. The maximum Gasteiger partial charge on any atom is 0.120 e. The number of rotatable bonds is 5. The van der Waals surface area contributed by atoms with E-state index >= 15 is 0 Å². The van der Waals surface area contributed by atoms with Crippen LogP contribution in [0.3, 0.4) is 0 Å². The first-order valence-corrected chi connectivity index (χ1v) is 4.62. The van der Waals surface area contributed by atoms with Crippen LogP contribution in [0, 0.1) is 6.92 Å². The normalized spacial score (nSPS) is 9.86. The second-order valence-electron chi connectivity index (χ2n) is 3.12. The molecule has 1 aromatic rings. The minimum Gasteiger partial charge on any atom is -0.491 e. The van der Waals surface area contributed by atoms with Crippen molar-refractivity contribution in [3.05, 3.63) is 35.9 Å². The van der Waals surface area contributed by atoms with Crippen LogP contribution in [-0.4, -0.2) is 20.3 Å². The first-order chi connectivity index (χ1) is 6.76. The summed E-state index contributed by atoms with van der Waals surface area (Å²) < 4.78 is 10.4. The minimum absolute atomic E-state index is 0.580. The van der Waals surface area contributed by atoms with E-state index in [0.29, 0.717) is 13.2 Å². The van der Waals surface area contributed by atoms with Gasteiger partial charge in [0.25, 0.3) is 0 Å². The Morgan fingerprint density at radius 1 is 1.29 bits per heavy atom. The highest BCUT2D eigenvalue weighted by Gasteiger charge is 1.96. The molecule has 76 valence electrons. The summed E-state index contributed by atoms with van der Waals surface area (Å²) in [6.45, 7) is 6.96. The van der Waals surface area contributed by atoms with Gasteiger partial charge in [0, 0.05) is 7.11 Å². The van der Waals surface area contributed by atoms with Crippen LogP contribution in [0.1, 0.15) is 11.1 Å². The van der Waals surface area contributed by atoms with Crippen LogP contribution in [0.5, 0.6) is 5.75 Å². The van der Waals surface area contributed by atoms with Crippen LogP contribution in [0.25, 0.3) is 6.08 Å². The van der Waals surface area contributed by atoms with Gasteiger partial charge in [0.1, 0.15) is 12.4 Å². The maximum atomic E-state index is 5.50. The lowest BCUT2D eigenvalue weighted by Crippen LogP contribution is -2.04. The summed E-state index contributed by atoms with van der Waals surface area (Å²) in [5.74, 6) is 0.872. The summed E-state index contributed by atoms with van der Waals surface area (Å²) >= 11 is 0. The Balaban J connectivity index is 2.66. The molecule has 0 aliphatic carbocycles. The van der Waals surface area contributed by atoms with Gasteiger partial charge in [0.15, 0.2) is 0 Å². The Hall–Kier alpha value is -1.28. The van der Waals surface area contributed by atoms with E-state index in [4.69, 9.17) is 9.47 Å². The SMILES string of the molecule is C=Cc1cc(C)cc(OCCOC)c1. The van der Waals surface area contributed by atoms with Crippen LogP contribution in [0.4, 0.5) is 0 Å². The van der Waals surface area contributed by atoms with Crippen LogP contribution < -0.4 is 4.74 Å². The van der Waals surface area contributed by atoms with Crippen molar-refractivity contribution in [1.29, 1.82) is 0 Å². The number of hydrogen-bond donors (Lipinski definition) is 0. The van der Waals surface area contributed by atoms with Crippen molar-refractivity contribution in [1.82, 2.24) is 0 Å². The highest BCUT2D eigenvalue weighted by atomic mass is 16.5. The van der Waals surface area contributed by atoms with E-state index < -0.39 is 0 Å². The molecule has 0 amide bonds. The van der Waals surface area contributed by atoms with Gasteiger partial charge in [0.2, 0.25) is 0 Å². The molecule has 1 aromatic carbocycles. The first-order valence-electron chi connectivity index (χ1n) is 4.62. The third-order valence-electron chi connectivity index (χ3n) is 1.87. The Labute approximate surface area is 85.2 Å². The van der Waals surface area contributed by atoms with Gasteiger partial charge in [-0.25, -0.2) is 0 Å². The lowest BCUT2D eigenvalue weighted by molar-refractivity contribution is 0.146. The number of benzene rings is 1. The van der Waals surface area contributed by atoms with Crippen molar-refractivity contribution in [3.8, 4) is 5.75 Å². The molecule has 1 rings (SSSR count). The highest BCUT2D eigenvalue weighted by Crippen LogP contribution is 2.17. The Bertz CT molecular complexity index is 305. The van der Waals surface area contributed by atoms with Gasteiger partial charge < -0.3 is 9.47 Å². The van der Waals surface area contributed by atoms with Crippen molar-refractivity contribution in [2.45, 2.75) is 6.92 Å². The predicted octanol–water partition coefficient (Wildman–Crippen LogP) is 2.66.